The second-order valence-electron chi connectivity index (χ2n) is 5.07. The monoisotopic (exact) mass is 296 g/mol. The molecule has 0 aliphatic carbocycles. The molecule has 0 bridgehead atoms. The SMILES string of the molecule is OC(c1ccccc1)(c1ccccc1)c1ccc(F)c(F)c1. The van der Waals surface area contributed by atoms with Crippen LogP contribution < -0.4 is 0 Å². The zero-order valence-corrected chi connectivity index (χ0v) is 11.7. The van der Waals surface area contributed by atoms with Crippen molar-refractivity contribution in [3.63, 3.8) is 0 Å². The van der Waals surface area contributed by atoms with Crippen molar-refractivity contribution in [3.05, 3.63) is 107 Å². The number of aliphatic hydroxyl groups is 1. The summed E-state index contributed by atoms with van der Waals surface area (Å²) >= 11 is 0. The van der Waals surface area contributed by atoms with Gasteiger partial charge < -0.3 is 5.11 Å². The van der Waals surface area contributed by atoms with Crippen LogP contribution in [-0.4, -0.2) is 5.11 Å². The molecule has 0 radical (unpaired) electrons. The van der Waals surface area contributed by atoms with Gasteiger partial charge in [0.25, 0.3) is 0 Å². The van der Waals surface area contributed by atoms with Gasteiger partial charge in [0, 0.05) is 0 Å². The van der Waals surface area contributed by atoms with E-state index in [1.54, 1.807) is 48.5 Å². The number of halogens is 2. The van der Waals surface area contributed by atoms with E-state index in [0.29, 0.717) is 11.1 Å². The third kappa shape index (κ3) is 2.40. The molecule has 1 N–H and O–H groups in total. The summed E-state index contributed by atoms with van der Waals surface area (Å²) in [4.78, 5) is 0. The van der Waals surface area contributed by atoms with Crippen molar-refractivity contribution in [1.29, 1.82) is 0 Å². The molecule has 0 spiro atoms. The Hall–Kier alpha value is -2.52. The molecule has 0 aliphatic rings. The summed E-state index contributed by atoms with van der Waals surface area (Å²) < 4.78 is 26.9. The summed E-state index contributed by atoms with van der Waals surface area (Å²) in [7, 11) is 0. The Balaban J connectivity index is 2.26. The van der Waals surface area contributed by atoms with Crippen LogP contribution >= 0.6 is 0 Å². The zero-order valence-electron chi connectivity index (χ0n) is 11.7. The maximum Gasteiger partial charge on any atom is 0.159 e. The Labute approximate surface area is 127 Å². The fraction of sp³-hybridized carbons (Fsp3) is 0.0526. The van der Waals surface area contributed by atoms with Gasteiger partial charge in [0.2, 0.25) is 0 Å². The quantitative estimate of drug-likeness (QED) is 0.716. The van der Waals surface area contributed by atoms with E-state index in [-0.39, 0.29) is 5.56 Å². The molecular formula is C19H14F2O. The Kier molecular flexibility index (Phi) is 3.73. The Morgan fingerprint density at radius 1 is 0.591 bits per heavy atom. The van der Waals surface area contributed by atoms with Crippen molar-refractivity contribution in [1.82, 2.24) is 0 Å². The third-order valence-electron chi connectivity index (χ3n) is 3.72. The van der Waals surface area contributed by atoms with Crippen LogP contribution in [0.25, 0.3) is 0 Å². The van der Waals surface area contributed by atoms with E-state index in [1.807, 2.05) is 12.1 Å². The van der Waals surface area contributed by atoms with Crippen LogP contribution in [0.3, 0.4) is 0 Å². The normalized spacial score (nSPS) is 11.4. The highest BCUT2D eigenvalue weighted by Gasteiger charge is 2.34. The van der Waals surface area contributed by atoms with Crippen LogP contribution in [0.4, 0.5) is 8.78 Å². The van der Waals surface area contributed by atoms with Gasteiger partial charge in [-0.2, -0.15) is 0 Å². The van der Waals surface area contributed by atoms with Crippen molar-refractivity contribution in [2.75, 3.05) is 0 Å². The minimum Gasteiger partial charge on any atom is -0.376 e. The average molecular weight is 296 g/mol. The van der Waals surface area contributed by atoms with E-state index in [1.165, 1.54) is 6.07 Å². The van der Waals surface area contributed by atoms with Gasteiger partial charge >= 0.3 is 0 Å². The topological polar surface area (TPSA) is 20.2 Å². The Bertz CT molecular complexity index is 730. The van der Waals surface area contributed by atoms with Crippen molar-refractivity contribution < 1.29 is 13.9 Å². The fourth-order valence-electron chi connectivity index (χ4n) is 2.58. The predicted molar refractivity (Wildman–Crippen MR) is 81.3 cm³/mol. The molecule has 0 atom stereocenters. The minimum absolute atomic E-state index is 0.281. The van der Waals surface area contributed by atoms with Crippen LogP contribution in [0.2, 0.25) is 0 Å². The van der Waals surface area contributed by atoms with Gasteiger partial charge in [0.1, 0.15) is 5.60 Å². The average Bonchev–Trinajstić information content (AvgIpc) is 2.58. The lowest BCUT2D eigenvalue weighted by Gasteiger charge is -2.30. The van der Waals surface area contributed by atoms with Gasteiger partial charge in [-0.05, 0) is 28.8 Å². The van der Waals surface area contributed by atoms with Crippen LogP contribution in [-0.2, 0) is 5.60 Å². The van der Waals surface area contributed by atoms with E-state index < -0.39 is 17.2 Å². The fourth-order valence-corrected chi connectivity index (χ4v) is 2.58. The minimum atomic E-state index is -1.54. The van der Waals surface area contributed by atoms with E-state index in [0.717, 1.165) is 12.1 Å². The van der Waals surface area contributed by atoms with E-state index in [4.69, 9.17) is 0 Å². The first-order valence-electron chi connectivity index (χ1n) is 6.91. The molecule has 1 nitrogen and oxygen atoms in total. The molecule has 0 saturated carbocycles. The van der Waals surface area contributed by atoms with E-state index >= 15 is 0 Å². The largest absolute Gasteiger partial charge is 0.376 e. The van der Waals surface area contributed by atoms with Gasteiger partial charge in [-0.15, -0.1) is 0 Å². The summed E-state index contributed by atoms with van der Waals surface area (Å²) in [6, 6.07) is 21.3. The van der Waals surface area contributed by atoms with Gasteiger partial charge in [-0.1, -0.05) is 66.7 Å². The van der Waals surface area contributed by atoms with Crippen LogP contribution in [0, 0.1) is 11.6 Å². The molecule has 0 aliphatic heterocycles. The lowest BCUT2D eigenvalue weighted by atomic mass is 9.80. The molecule has 0 heterocycles. The molecule has 3 aromatic carbocycles. The van der Waals surface area contributed by atoms with Crippen molar-refractivity contribution >= 4 is 0 Å². The summed E-state index contributed by atoms with van der Waals surface area (Å²) in [5, 5.41) is 11.4. The summed E-state index contributed by atoms with van der Waals surface area (Å²) in [6.45, 7) is 0. The molecule has 0 amide bonds. The van der Waals surface area contributed by atoms with Gasteiger partial charge in [-0.25, -0.2) is 8.78 Å². The molecule has 3 heteroatoms. The summed E-state index contributed by atoms with van der Waals surface area (Å²) in [5.41, 5.74) is -0.0833. The van der Waals surface area contributed by atoms with Crippen LogP contribution in [0.15, 0.2) is 78.9 Å². The van der Waals surface area contributed by atoms with Crippen molar-refractivity contribution in [2.45, 2.75) is 5.60 Å². The molecule has 0 fully saturated rings. The molecular weight excluding hydrogens is 282 g/mol. The molecule has 0 aromatic heterocycles. The molecule has 110 valence electrons. The Morgan fingerprint density at radius 3 is 1.55 bits per heavy atom. The highest BCUT2D eigenvalue weighted by molar-refractivity contribution is 5.46. The predicted octanol–water partition coefficient (Wildman–Crippen LogP) is 4.25. The molecule has 0 unspecified atom stereocenters. The maximum absolute atomic E-state index is 13.7. The highest BCUT2D eigenvalue weighted by atomic mass is 19.2. The van der Waals surface area contributed by atoms with Gasteiger partial charge in [0.15, 0.2) is 11.6 Å². The van der Waals surface area contributed by atoms with Crippen LogP contribution in [0.5, 0.6) is 0 Å². The first-order chi connectivity index (χ1) is 10.6. The molecule has 3 aromatic rings. The number of benzene rings is 3. The Morgan fingerprint density at radius 2 is 1.09 bits per heavy atom. The molecule has 3 rings (SSSR count). The zero-order chi connectivity index (χ0) is 15.6. The van der Waals surface area contributed by atoms with Gasteiger partial charge in [-0.3, -0.25) is 0 Å². The lowest BCUT2D eigenvalue weighted by molar-refractivity contribution is 0.125. The number of hydrogen-bond donors (Lipinski definition) is 1. The summed E-state index contributed by atoms with van der Waals surface area (Å²) in [6.07, 6.45) is 0. The molecule has 22 heavy (non-hydrogen) atoms. The van der Waals surface area contributed by atoms with Gasteiger partial charge in [0.05, 0.1) is 0 Å². The van der Waals surface area contributed by atoms with E-state index in [2.05, 4.69) is 0 Å². The highest BCUT2D eigenvalue weighted by Crippen LogP contribution is 2.36. The first kappa shape index (κ1) is 14.4. The van der Waals surface area contributed by atoms with Crippen molar-refractivity contribution in [2.24, 2.45) is 0 Å². The molecule has 0 saturated heterocycles. The first-order valence-corrected chi connectivity index (χ1v) is 6.91. The number of hydrogen-bond acceptors (Lipinski definition) is 1. The number of rotatable bonds is 3. The second kappa shape index (κ2) is 5.70. The smallest absolute Gasteiger partial charge is 0.159 e. The lowest BCUT2D eigenvalue weighted by Crippen LogP contribution is -2.29. The van der Waals surface area contributed by atoms with E-state index in [9.17, 15) is 13.9 Å². The maximum atomic E-state index is 13.7. The van der Waals surface area contributed by atoms with Crippen LogP contribution in [0.1, 0.15) is 16.7 Å². The third-order valence-corrected chi connectivity index (χ3v) is 3.72. The summed E-state index contributed by atoms with van der Waals surface area (Å²) in [5.74, 6) is -1.92. The van der Waals surface area contributed by atoms with Crippen molar-refractivity contribution in [3.8, 4) is 0 Å². The standard InChI is InChI=1S/C19H14F2O/c20-17-12-11-16(13-18(17)21)19(22,14-7-3-1-4-8-14)15-9-5-2-6-10-15/h1-13,22H. The second-order valence-corrected chi connectivity index (χ2v) is 5.07.